The zero-order chi connectivity index (χ0) is 15.8. The molecule has 0 aromatic heterocycles. The van der Waals surface area contributed by atoms with Gasteiger partial charge >= 0.3 is 5.97 Å². The van der Waals surface area contributed by atoms with Gasteiger partial charge in [-0.05, 0) is 40.5 Å². The molecule has 6 nitrogen and oxygen atoms in total. The van der Waals surface area contributed by atoms with Gasteiger partial charge in [0.05, 0.1) is 30.1 Å². The molecule has 1 fully saturated rings. The van der Waals surface area contributed by atoms with E-state index in [0.29, 0.717) is 4.47 Å². The molecule has 1 aromatic rings. The van der Waals surface area contributed by atoms with Crippen LogP contribution < -0.4 is 0 Å². The summed E-state index contributed by atoms with van der Waals surface area (Å²) in [6.45, 7) is 1.96. The highest BCUT2D eigenvalue weighted by Crippen LogP contribution is 2.29. The van der Waals surface area contributed by atoms with E-state index in [9.17, 15) is 13.2 Å². The number of nitrogens with zero attached hydrogens (tertiary/aromatic N) is 1. The largest absolute Gasteiger partial charge is 0.481 e. The molecule has 0 bridgehead atoms. The number of likely N-dealkylation sites (N-methyl/N-ethyl adjacent to an activating group) is 1. The maximum Gasteiger partial charge on any atom is 0.310 e. The number of hydrogen-bond donors (Lipinski definition) is 1. The van der Waals surface area contributed by atoms with Crippen LogP contribution in [0.4, 0.5) is 0 Å². The predicted molar refractivity (Wildman–Crippen MR) is 79.6 cm³/mol. The third-order valence-electron chi connectivity index (χ3n) is 3.58. The number of aryl methyl sites for hydroxylation is 1. The number of aliphatic carboxylic acids is 1. The zero-order valence-corrected chi connectivity index (χ0v) is 14.0. The Hall–Kier alpha value is -0.960. The van der Waals surface area contributed by atoms with Crippen LogP contribution >= 0.6 is 15.9 Å². The molecule has 2 unspecified atom stereocenters. The molecule has 116 valence electrons. The first-order chi connectivity index (χ1) is 9.75. The molecule has 1 saturated heterocycles. The Balaban J connectivity index is 2.37. The van der Waals surface area contributed by atoms with Gasteiger partial charge in [0, 0.05) is 11.5 Å². The Morgan fingerprint density at radius 2 is 2.10 bits per heavy atom. The summed E-state index contributed by atoms with van der Waals surface area (Å²) in [5.74, 6) is -1.91. The lowest BCUT2D eigenvalue weighted by Crippen LogP contribution is -2.44. The molecule has 8 heteroatoms. The van der Waals surface area contributed by atoms with Gasteiger partial charge in [-0.15, -0.1) is 0 Å². The van der Waals surface area contributed by atoms with Crippen molar-refractivity contribution in [1.82, 2.24) is 4.31 Å². The quantitative estimate of drug-likeness (QED) is 0.858. The van der Waals surface area contributed by atoms with Crippen LogP contribution in [-0.4, -0.2) is 50.1 Å². The van der Waals surface area contributed by atoms with E-state index in [0.717, 1.165) is 9.87 Å². The Kier molecular flexibility index (Phi) is 4.72. The van der Waals surface area contributed by atoms with E-state index in [2.05, 4.69) is 15.9 Å². The van der Waals surface area contributed by atoms with Crippen LogP contribution in [0.5, 0.6) is 0 Å². The highest BCUT2D eigenvalue weighted by Gasteiger charge is 2.41. The van der Waals surface area contributed by atoms with Gasteiger partial charge in [-0.25, -0.2) is 8.42 Å². The number of carbonyl (C=O) groups is 1. The molecular weight excluding hydrogens is 362 g/mol. The molecule has 21 heavy (non-hydrogen) atoms. The van der Waals surface area contributed by atoms with E-state index in [1.165, 1.54) is 13.1 Å². The summed E-state index contributed by atoms with van der Waals surface area (Å²) in [6, 6.07) is 4.21. The van der Waals surface area contributed by atoms with Gasteiger partial charge in [0.1, 0.15) is 0 Å². The summed E-state index contributed by atoms with van der Waals surface area (Å²) in [4.78, 5) is 11.3. The number of carboxylic acids is 1. The van der Waals surface area contributed by atoms with E-state index in [1.807, 2.05) is 6.92 Å². The fourth-order valence-corrected chi connectivity index (χ4v) is 4.81. The molecule has 0 radical (unpaired) electrons. The van der Waals surface area contributed by atoms with Crippen LogP contribution in [-0.2, 0) is 19.6 Å². The molecule has 2 atom stereocenters. The van der Waals surface area contributed by atoms with Crippen LogP contribution in [0.1, 0.15) is 5.56 Å². The first-order valence-corrected chi connectivity index (χ1v) is 8.53. The average molecular weight is 378 g/mol. The van der Waals surface area contributed by atoms with Gasteiger partial charge in [-0.2, -0.15) is 4.31 Å². The maximum absolute atomic E-state index is 12.7. The van der Waals surface area contributed by atoms with Crippen LogP contribution in [0.25, 0.3) is 0 Å². The summed E-state index contributed by atoms with van der Waals surface area (Å²) in [5, 5.41) is 9.15. The monoisotopic (exact) mass is 377 g/mol. The van der Waals surface area contributed by atoms with Crippen molar-refractivity contribution in [3.63, 3.8) is 0 Å². The van der Waals surface area contributed by atoms with Gasteiger partial charge in [-0.3, -0.25) is 4.79 Å². The summed E-state index contributed by atoms with van der Waals surface area (Å²) in [6.07, 6.45) is 0. The Labute approximate surface area is 131 Å². The lowest BCUT2D eigenvalue weighted by molar-refractivity contribution is -0.142. The lowest BCUT2D eigenvalue weighted by atomic mass is 10.1. The second kappa shape index (κ2) is 6.04. The Morgan fingerprint density at radius 3 is 2.67 bits per heavy atom. The molecule has 1 heterocycles. The van der Waals surface area contributed by atoms with Crippen molar-refractivity contribution in [1.29, 1.82) is 0 Å². The number of hydrogen-bond acceptors (Lipinski definition) is 4. The van der Waals surface area contributed by atoms with Crippen LogP contribution in [0, 0.1) is 12.8 Å². The van der Waals surface area contributed by atoms with E-state index >= 15 is 0 Å². The fourth-order valence-electron chi connectivity index (χ4n) is 2.29. The standard InChI is InChI=1S/C13H16BrNO5S/c1-8-3-4-12(10(14)5-8)21(18,19)15(2)11-7-20-6-9(11)13(16)17/h3-5,9,11H,6-7H2,1-2H3,(H,16,17). The summed E-state index contributed by atoms with van der Waals surface area (Å²) < 4.78 is 32.0. The molecule has 1 aliphatic rings. The summed E-state index contributed by atoms with van der Waals surface area (Å²) in [5.41, 5.74) is 0.927. The number of benzene rings is 1. The molecule has 1 aliphatic heterocycles. The van der Waals surface area contributed by atoms with Crippen molar-refractivity contribution in [3.8, 4) is 0 Å². The predicted octanol–water partition coefficient (Wildman–Crippen LogP) is 1.48. The number of sulfonamides is 1. The minimum atomic E-state index is -3.79. The van der Waals surface area contributed by atoms with Crippen LogP contribution in [0.2, 0.25) is 0 Å². The smallest absolute Gasteiger partial charge is 0.310 e. The fraction of sp³-hybridized carbons (Fsp3) is 0.462. The highest BCUT2D eigenvalue weighted by atomic mass is 79.9. The third-order valence-corrected chi connectivity index (χ3v) is 6.44. The van der Waals surface area contributed by atoms with Gasteiger partial charge in [-0.1, -0.05) is 6.07 Å². The molecular formula is C13H16BrNO5S. The Morgan fingerprint density at radius 1 is 1.43 bits per heavy atom. The molecule has 0 spiro atoms. The second-order valence-electron chi connectivity index (χ2n) is 5.00. The normalized spacial score (nSPS) is 22.7. The SMILES string of the molecule is Cc1ccc(S(=O)(=O)N(C)C2COCC2C(=O)O)c(Br)c1. The molecule has 2 rings (SSSR count). The van der Waals surface area contributed by atoms with Gasteiger partial charge in [0.25, 0.3) is 0 Å². The first-order valence-electron chi connectivity index (χ1n) is 6.30. The maximum atomic E-state index is 12.7. The van der Waals surface area contributed by atoms with Crippen molar-refractivity contribution < 1.29 is 23.1 Å². The van der Waals surface area contributed by atoms with Crippen molar-refractivity contribution >= 4 is 31.9 Å². The number of rotatable bonds is 4. The van der Waals surface area contributed by atoms with E-state index in [-0.39, 0.29) is 18.1 Å². The average Bonchev–Trinajstić information content (AvgIpc) is 2.86. The molecule has 0 amide bonds. The number of carboxylic acid groups (broad SMARTS) is 1. The van der Waals surface area contributed by atoms with Crippen molar-refractivity contribution in [2.24, 2.45) is 5.92 Å². The molecule has 1 N–H and O–H groups in total. The molecule has 0 aliphatic carbocycles. The first kappa shape index (κ1) is 16.4. The van der Waals surface area contributed by atoms with E-state index < -0.39 is 28.0 Å². The van der Waals surface area contributed by atoms with Crippen LogP contribution in [0.15, 0.2) is 27.6 Å². The van der Waals surface area contributed by atoms with Gasteiger partial charge in [0.2, 0.25) is 10.0 Å². The summed E-state index contributed by atoms with van der Waals surface area (Å²) >= 11 is 3.25. The summed E-state index contributed by atoms with van der Waals surface area (Å²) in [7, 11) is -2.41. The van der Waals surface area contributed by atoms with E-state index in [4.69, 9.17) is 9.84 Å². The topological polar surface area (TPSA) is 83.9 Å². The van der Waals surface area contributed by atoms with Gasteiger partial charge in [0.15, 0.2) is 0 Å². The minimum Gasteiger partial charge on any atom is -0.481 e. The Bertz CT molecular complexity index is 661. The minimum absolute atomic E-state index is 0.0227. The van der Waals surface area contributed by atoms with Crippen molar-refractivity contribution in [3.05, 3.63) is 28.2 Å². The molecule has 0 saturated carbocycles. The van der Waals surface area contributed by atoms with Crippen LogP contribution in [0.3, 0.4) is 0 Å². The molecule has 1 aromatic carbocycles. The van der Waals surface area contributed by atoms with Gasteiger partial charge < -0.3 is 9.84 Å². The number of halogens is 1. The zero-order valence-electron chi connectivity index (χ0n) is 11.6. The third kappa shape index (κ3) is 3.13. The van der Waals surface area contributed by atoms with E-state index in [1.54, 1.807) is 12.1 Å². The number of ether oxygens (including phenoxy) is 1. The van der Waals surface area contributed by atoms with Crippen molar-refractivity contribution in [2.75, 3.05) is 20.3 Å². The second-order valence-corrected chi connectivity index (χ2v) is 7.82. The highest BCUT2D eigenvalue weighted by molar-refractivity contribution is 9.10. The van der Waals surface area contributed by atoms with Crippen molar-refractivity contribution in [2.45, 2.75) is 17.9 Å². The lowest BCUT2D eigenvalue weighted by Gasteiger charge is -2.26.